The monoisotopic (exact) mass is 352 g/mol. The van der Waals surface area contributed by atoms with E-state index in [-0.39, 0.29) is 11.9 Å². The second kappa shape index (κ2) is 8.86. The third kappa shape index (κ3) is 4.85. The van der Waals surface area contributed by atoms with E-state index in [0.29, 0.717) is 13.2 Å². The van der Waals surface area contributed by atoms with Crippen LogP contribution in [-0.2, 0) is 17.8 Å². The molecule has 0 spiro atoms. The van der Waals surface area contributed by atoms with Crippen molar-refractivity contribution < 1.29 is 9.53 Å². The predicted molar refractivity (Wildman–Crippen MR) is 104 cm³/mol. The molecule has 0 saturated heterocycles. The number of nitrogens with one attached hydrogen (secondary N) is 1. The van der Waals surface area contributed by atoms with Crippen LogP contribution in [-0.4, -0.2) is 31.0 Å². The maximum Gasteiger partial charge on any atom is 0.234 e. The molecule has 0 unspecified atom stereocenters. The van der Waals surface area contributed by atoms with Gasteiger partial charge in [-0.2, -0.15) is 0 Å². The van der Waals surface area contributed by atoms with Crippen molar-refractivity contribution in [3.05, 3.63) is 65.2 Å². The predicted octanol–water partition coefficient (Wildman–Crippen LogP) is 3.71. The molecule has 2 aromatic rings. The van der Waals surface area contributed by atoms with Crippen molar-refractivity contribution in [2.45, 2.75) is 38.8 Å². The lowest BCUT2D eigenvalue weighted by Crippen LogP contribution is -2.38. The molecule has 3 rings (SSSR count). The quantitative estimate of drug-likeness (QED) is 0.826. The van der Waals surface area contributed by atoms with Crippen molar-refractivity contribution in [3.8, 4) is 5.75 Å². The van der Waals surface area contributed by atoms with Gasteiger partial charge in [-0.15, -0.1) is 0 Å². The third-order valence-corrected chi connectivity index (χ3v) is 4.81. The van der Waals surface area contributed by atoms with E-state index in [1.165, 1.54) is 16.7 Å². The van der Waals surface area contributed by atoms with E-state index < -0.39 is 0 Å². The fourth-order valence-corrected chi connectivity index (χ4v) is 3.61. The summed E-state index contributed by atoms with van der Waals surface area (Å²) in [5, 5.41) is 3.22. The zero-order valence-corrected chi connectivity index (χ0v) is 15.7. The van der Waals surface area contributed by atoms with E-state index in [2.05, 4.69) is 41.7 Å². The van der Waals surface area contributed by atoms with Gasteiger partial charge in [-0.3, -0.25) is 9.69 Å². The number of carbonyl (C=O) groups is 1. The number of fused-ring (bicyclic) bond motifs is 1. The molecular weight excluding hydrogens is 324 g/mol. The van der Waals surface area contributed by atoms with Crippen LogP contribution in [0.15, 0.2) is 48.5 Å². The van der Waals surface area contributed by atoms with Crippen molar-refractivity contribution in [2.75, 3.05) is 20.2 Å². The molecule has 0 bridgehead atoms. The van der Waals surface area contributed by atoms with Gasteiger partial charge in [-0.25, -0.2) is 0 Å². The molecule has 1 N–H and O–H groups in total. The second-order valence-corrected chi connectivity index (χ2v) is 6.96. The van der Waals surface area contributed by atoms with Crippen LogP contribution >= 0.6 is 0 Å². The number of benzene rings is 2. The molecule has 138 valence electrons. The Bertz CT molecular complexity index is 727. The van der Waals surface area contributed by atoms with E-state index >= 15 is 0 Å². The van der Waals surface area contributed by atoms with Gasteiger partial charge in [0.15, 0.2) is 0 Å². The highest BCUT2D eigenvalue weighted by Crippen LogP contribution is 2.29. The molecule has 1 aliphatic rings. The molecule has 0 fully saturated rings. The van der Waals surface area contributed by atoms with Crippen LogP contribution in [0.2, 0.25) is 0 Å². The van der Waals surface area contributed by atoms with Gasteiger partial charge < -0.3 is 10.1 Å². The topological polar surface area (TPSA) is 41.6 Å². The summed E-state index contributed by atoms with van der Waals surface area (Å²) in [7, 11) is 1.98. The molecule has 1 amide bonds. The maximum absolute atomic E-state index is 12.5. The number of rotatable bonds is 7. The Morgan fingerprint density at radius 3 is 2.73 bits per heavy atom. The highest BCUT2D eigenvalue weighted by Gasteiger charge is 2.21. The Kier molecular flexibility index (Phi) is 6.29. The smallest absolute Gasteiger partial charge is 0.234 e. The summed E-state index contributed by atoms with van der Waals surface area (Å²) in [6.07, 6.45) is 3.26. The first-order valence-electron chi connectivity index (χ1n) is 9.43. The molecule has 26 heavy (non-hydrogen) atoms. The van der Waals surface area contributed by atoms with Crippen LogP contribution in [0.1, 0.15) is 42.5 Å². The number of hydrogen-bond acceptors (Lipinski definition) is 3. The zero-order chi connectivity index (χ0) is 18.4. The van der Waals surface area contributed by atoms with Gasteiger partial charge in [0.1, 0.15) is 5.75 Å². The summed E-state index contributed by atoms with van der Waals surface area (Å²) in [5.41, 5.74) is 3.82. The first-order chi connectivity index (χ1) is 12.7. The van der Waals surface area contributed by atoms with Crippen molar-refractivity contribution in [3.63, 3.8) is 0 Å². The molecule has 4 nitrogen and oxygen atoms in total. The number of ether oxygens (including phenoxy) is 1. The summed E-state index contributed by atoms with van der Waals surface area (Å²) >= 11 is 0. The number of likely N-dealkylation sites (N-methyl/N-ethyl adjacent to an activating group) is 1. The SMILES string of the molecule is CCOc1ccc(CN(C)CC(=O)N[C@@H]2CCCc3ccccc32)cc1. The first kappa shape index (κ1) is 18.5. The highest BCUT2D eigenvalue weighted by molar-refractivity contribution is 5.78. The summed E-state index contributed by atoms with van der Waals surface area (Å²) in [6.45, 7) is 3.78. The number of aryl methyl sites for hydroxylation is 1. The van der Waals surface area contributed by atoms with Gasteiger partial charge in [0.2, 0.25) is 5.91 Å². The van der Waals surface area contributed by atoms with Crippen LogP contribution in [0.3, 0.4) is 0 Å². The van der Waals surface area contributed by atoms with E-state index in [9.17, 15) is 4.79 Å². The van der Waals surface area contributed by atoms with Crippen molar-refractivity contribution in [1.82, 2.24) is 10.2 Å². The van der Waals surface area contributed by atoms with Gasteiger partial charge in [-0.1, -0.05) is 36.4 Å². The molecular formula is C22H28N2O2. The Balaban J connectivity index is 1.52. The standard InChI is InChI=1S/C22H28N2O2/c1-3-26-19-13-11-17(12-14-19)15-24(2)16-22(25)23-21-10-6-8-18-7-4-5-9-20(18)21/h4-5,7,9,11-14,21H,3,6,8,10,15-16H2,1-2H3,(H,23,25)/t21-/m1/s1. The van der Waals surface area contributed by atoms with Crippen molar-refractivity contribution in [2.24, 2.45) is 0 Å². The summed E-state index contributed by atoms with van der Waals surface area (Å²) < 4.78 is 5.47. The van der Waals surface area contributed by atoms with Crippen molar-refractivity contribution >= 4 is 5.91 Å². The average molecular weight is 352 g/mol. The van der Waals surface area contributed by atoms with Gasteiger partial charge in [0, 0.05) is 6.54 Å². The molecule has 0 radical (unpaired) electrons. The molecule has 1 aliphatic carbocycles. The summed E-state index contributed by atoms with van der Waals surface area (Å²) in [4.78, 5) is 14.5. The maximum atomic E-state index is 12.5. The Hall–Kier alpha value is -2.33. The largest absolute Gasteiger partial charge is 0.494 e. The Morgan fingerprint density at radius 2 is 1.96 bits per heavy atom. The Labute approximate surface area is 156 Å². The normalized spacial score (nSPS) is 16.2. The molecule has 0 heterocycles. The molecule has 4 heteroatoms. The molecule has 2 aromatic carbocycles. The molecule has 0 aromatic heterocycles. The van der Waals surface area contributed by atoms with Crippen LogP contribution < -0.4 is 10.1 Å². The lowest BCUT2D eigenvalue weighted by atomic mass is 9.88. The second-order valence-electron chi connectivity index (χ2n) is 6.96. The molecule has 0 aliphatic heterocycles. The lowest BCUT2D eigenvalue weighted by molar-refractivity contribution is -0.122. The third-order valence-electron chi connectivity index (χ3n) is 4.81. The van der Waals surface area contributed by atoms with E-state index in [1.807, 2.05) is 31.0 Å². The Morgan fingerprint density at radius 1 is 1.19 bits per heavy atom. The van der Waals surface area contributed by atoms with E-state index in [1.54, 1.807) is 0 Å². The fraction of sp³-hybridized carbons (Fsp3) is 0.409. The molecule has 0 saturated carbocycles. The van der Waals surface area contributed by atoms with E-state index in [4.69, 9.17) is 4.74 Å². The van der Waals surface area contributed by atoms with Crippen LogP contribution in [0.4, 0.5) is 0 Å². The minimum atomic E-state index is 0.0835. The number of carbonyl (C=O) groups excluding carboxylic acids is 1. The van der Waals surface area contributed by atoms with Gasteiger partial charge in [0.25, 0.3) is 0 Å². The summed E-state index contributed by atoms with van der Waals surface area (Å²) in [5.74, 6) is 0.966. The minimum Gasteiger partial charge on any atom is -0.494 e. The molecule has 1 atom stereocenters. The van der Waals surface area contributed by atoms with Crippen LogP contribution in [0.5, 0.6) is 5.75 Å². The van der Waals surface area contributed by atoms with Crippen LogP contribution in [0, 0.1) is 0 Å². The number of hydrogen-bond donors (Lipinski definition) is 1. The zero-order valence-electron chi connectivity index (χ0n) is 15.7. The van der Waals surface area contributed by atoms with E-state index in [0.717, 1.165) is 31.6 Å². The first-order valence-corrected chi connectivity index (χ1v) is 9.43. The van der Waals surface area contributed by atoms with Gasteiger partial charge in [0.05, 0.1) is 19.2 Å². The average Bonchev–Trinajstić information content (AvgIpc) is 2.64. The highest BCUT2D eigenvalue weighted by atomic mass is 16.5. The lowest BCUT2D eigenvalue weighted by Gasteiger charge is -2.27. The minimum absolute atomic E-state index is 0.0835. The van der Waals surface area contributed by atoms with Gasteiger partial charge in [-0.05, 0) is 62.1 Å². The summed E-state index contributed by atoms with van der Waals surface area (Å²) in [6, 6.07) is 16.7. The van der Waals surface area contributed by atoms with Gasteiger partial charge >= 0.3 is 0 Å². The number of amides is 1. The number of nitrogens with zero attached hydrogens (tertiary/aromatic N) is 1. The van der Waals surface area contributed by atoms with Crippen molar-refractivity contribution in [1.29, 1.82) is 0 Å². The fourth-order valence-electron chi connectivity index (χ4n) is 3.61. The van der Waals surface area contributed by atoms with Crippen LogP contribution in [0.25, 0.3) is 0 Å².